The fourth-order valence-corrected chi connectivity index (χ4v) is 2.68. The van der Waals surface area contributed by atoms with E-state index in [1.807, 2.05) is 12.1 Å². The predicted molar refractivity (Wildman–Crippen MR) is 88.9 cm³/mol. The molecule has 0 bridgehead atoms. The summed E-state index contributed by atoms with van der Waals surface area (Å²) in [5, 5.41) is 13.1. The highest BCUT2D eigenvalue weighted by atomic mass is 32.1. The first-order valence-corrected chi connectivity index (χ1v) is 7.99. The Hall–Kier alpha value is -3.01. The van der Waals surface area contributed by atoms with Crippen molar-refractivity contribution in [2.24, 2.45) is 0 Å². The number of hydrogen-bond donors (Lipinski definition) is 2. The standard InChI is InChI=1S/C14H14N6O3S/c1-2-23-14(22)18-12-6-16-20(19-12)7-13(21)17-9-3-4-10-11(5-9)24-8-15-10/h3-6,8H,2,7H2,1H3,(H,17,21)(H,18,19,22). The molecule has 0 atom stereocenters. The summed E-state index contributed by atoms with van der Waals surface area (Å²) < 4.78 is 5.72. The van der Waals surface area contributed by atoms with Gasteiger partial charge in [-0.05, 0) is 25.1 Å². The fourth-order valence-electron chi connectivity index (χ4n) is 1.96. The number of carbonyl (C=O) groups excluding carboxylic acids is 2. The summed E-state index contributed by atoms with van der Waals surface area (Å²) in [5.41, 5.74) is 3.32. The van der Waals surface area contributed by atoms with Crippen LogP contribution in [0.4, 0.5) is 16.3 Å². The number of fused-ring (bicyclic) bond motifs is 1. The van der Waals surface area contributed by atoms with Crippen molar-refractivity contribution in [3.63, 3.8) is 0 Å². The summed E-state index contributed by atoms with van der Waals surface area (Å²) in [4.78, 5) is 28.7. The summed E-state index contributed by atoms with van der Waals surface area (Å²) in [6.45, 7) is 1.88. The molecule has 1 aromatic carbocycles. The molecule has 0 spiro atoms. The lowest BCUT2D eigenvalue weighted by molar-refractivity contribution is -0.117. The smallest absolute Gasteiger partial charge is 0.412 e. The maximum Gasteiger partial charge on any atom is 0.412 e. The van der Waals surface area contributed by atoms with Gasteiger partial charge in [-0.3, -0.25) is 10.1 Å². The molecular formula is C14H14N6O3S. The highest BCUT2D eigenvalue weighted by Gasteiger charge is 2.10. The monoisotopic (exact) mass is 346 g/mol. The number of ether oxygens (including phenoxy) is 1. The van der Waals surface area contributed by atoms with E-state index >= 15 is 0 Å². The molecule has 3 rings (SSSR count). The summed E-state index contributed by atoms with van der Waals surface area (Å²) in [6.07, 6.45) is 0.722. The van der Waals surface area contributed by atoms with E-state index in [2.05, 4.69) is 25.8 Å². The quantitative estimate of drug-likeness (QED) is 0.732. The molecule has 0 aliphatic heterocycles. The Balaban J connectivity index is 1.58. The number of rotatable bonds is 5. The van der Waals surface area contributed by atoms with Crippen LogP contribution >= 0.6 is 11.3 Å². The predicted octanol–water partition coefficient (Wildman–Crippen LogP) is 2.09. The second-order valence-corrected chi connectivity index (χ2v) is 5.58. The lowest BCUT2D eigenvalue weighted by atomic mass is 10.3. The minimum atomic E-state index is -0.619. The summed E-state index contributed by atoms with van der Waals surface area (Å²) in [6, 6.07) is 5.48. The Kier molecular flexibility index (Phi) is 4.66. The van der Waals surface area contributed by atoms with Crippen LogP contribution in [-0.4, -0.2) is 38.6 Å². The van der Waals surface area contributed by atoms with Crippen molar-refractivity contribution < 1.29 is 14.3 Å². The Morgan fingerprint density at radius 2 is 2.21 bits per heavy atom. The number of aromatic nitrogens is 4. The third-order valence-electron chi connectivity index (χ3n) is 2.94. The van der Waals surface area contributed by atoms with Crippen molar-refractivity contribution in [2.75, 3.05) is 17.2 Å². The zero-order valence-corrected chi connectivity index (χ0v) is 13.5. The van der Waals surface area contributed by atoms with Gasteiger partial charge in [0.2, 0.25) is 5.91 Å². The molecule has 124 valence electrons. The summed E-state index contributed by atoms with van der Waals surface area (Å²) in [7, 11) is 0. The summed E-state index contributed by atoms with van der Waals surface area (Å²) >= 11 is 1.50. The molecule has 9 nitrogen and oxygen atoms in total. The van der Waals surface area contributed by atoms with Gasteiger partial charge in [-0.25, -0.2) is 9.78 Å². The molecule has 0 radical (unpaired) electrons. The highest BCUT2D eigenvalue weighted by molar-refractivity contribution is 7.16. The SMILES string of the molecule is CCOC(=O)Nc1cnn(CC(=O)Nc2ccc3ncsc3c2)n1. The van der Waals surface area contributed by atoms with Crippen LogP contribution in [0.2, 0.25) is 0 Å². The largest absolute Gasteiger partial charge is 0.450 e. The third kappa shape index (κ3) is 3.84. The number of benzene rings is 1. The Labute approximate surface area is 140 Å². The van der Waals surface area contributed by atoms with Crippen molar-refractivity contribution >= 4 is 45.1 Å². The lowest BCUT2D eigenvalue weighted by Gasteiger charge is -2.04. The molecule has 10 heteroatoms. The molecule has 2 amide bonds. The molecular weight excluding hydrogens is 332 g/mol. The van der Waals surface area contributed by atoms with Crippen molar-refractivity contribution in [3.8, 4) is 0 Å². The van der Waals surface area contributed by atoms with Gasteiger partial charge in [-0.2, -0.15) is 9.90 Å². The van der Waals surface area contributed by atoms with Crippen molar-refractivity contribution in [3.05, 3.63) is 29.9 Å². The molecule has 0 aliphatic rings. The first-order valence-electron chi connectivity index (χ1n) is 7.11. The second kappa shape index (κ2) is 7.04. The minimum Gasteiger partial charge on any atom is -0.450 e. The van der Waals surface area contributed by atoms with Gasteiger partial charge in [0.25, 0.3) is 0 Å². The number of amides is 2. The Morgan fingerprint density at radius 1 is 1.33 bits per heavy atom. The molecule has 3 aromatic rings. The van der Waals surface area contributed by atoms with E-state index < -0.39 is 6.09 Å². The number of nitrogens with one attached hydrogen (secondary N) is 2. The molecule has 2 heterocycles. The molecule has 0 fully saturated rings. The van der Waals surface area contributed by atoms with Gasteiger partial charge >= 0.3 is 6.09 Å². The van der Waals surface area contributed by atoms with E-state index in [-0.39, 0.29) is 24.9 Å². The number of thiazole rings is 1. The highest BCUT2D eigenvalue weighted by Crippen LogP contribution is 2.21. The molecule has 0 saturated carbocycles. The average molecular weight is 346 g/mol. The molecule has 24 heavy (non-hydrogen) atoms. The average Bonchev–Trinajstić information content (AvgIpc) is 3.16. The topological polar surface area (TPSA) is 111 Å². The normalized spacial score (nSPS) is 10.5. The van der Waals surface area contributed by atoms with E-state index in [9.17, 15) is 9.59 Å². The minimum absolute atomic E-state index is 0.0781. The fraction of sp³-hybridized carbons (Fsp3) is 0.214. The van der Waals surface area contributed by atoms with Crippen molar-refractivity contribution in [1.29, 1.82) is 0 Å². The van der Waals surface area contributed by atoms with Crippen LogP contribution in [0.3, 0.4) is 0 Å². The van der Waals surface area contributed by atoms with Crippen LogP contribution in [0.15, 0.2) is 29.9 Å². The van der Waals surface area contributed by atoms with E-state index in [0.29, 0.717) is 5.69 Å². The van der Waals surface area contributed by atoms with Crippen LogP contribution in [-0.2, 0) is 16.1 Å². The van der Waals surface area contributed by atoms with Crippen LogP contribution in [0.5, 0.6) is 0 Å². The zero-order valence-electron chi connectivity index (χ0n) is 12.7. The lowest BCUT2D eigenvalue weighted by Crippen LogP contribution is -2.20. The van der Waals surface area contributed by atoms with Crippen molar-refractivity contribution in [2.45, 2.75) is 13.5 Å². The van der Waals surface area contributed by atoms with Crippen LogP contribution in [0, 0.1) is 0 Å². The molecule has 0 aliphatic carbocycles. The van der Waals surface area contributed by atoms with E-state index in [1.54, 1.807) is 18.5 Å². The number of hydrogen-bond acceptors (Lipinski definition) is 7. The third-order valence-corrected chi connectivity index (χ3v) is 3.73. The first-order chi connectivity index (χ1) is 11.6. The second-order valence-electron chi connectivity index (χ2n) is 4.69. The Bertz CT molecular complexity index is 874. The number of nitrogens with zero attached hydrogens (tertiary/aromatic N) is 4. The van der Waals surface area contributed by atoms with Crippen LogP contribution in [0.1, 0.15) is 6.92 Å². The van der Waals surface area contributed by atoms with Gasteiger partial charge in [-0.1, -0.05) is 0 Å². The van der Waals surface area contributed by atoms with E-state index in [1.165, 1.54) is 22.3 Å². The van der Waals surface area contributed by atoms with Crippen molar-refractivity contribution in [1.82, 2.24) is 20.0 Å². The van der Waals surface area contributed by atoms with Crippen LogP contribution in [0.25, 0.3) is 10.2 Å². The maximum atomic E-state index is 12.1. The number of carbonyl (C=O) groups is 2. The maximum absolute atomic E-state index is 12.1. The molecule has 2 N–H and O–H groups in total. The molecule has 2 aromatic heterocycles. The Morgan fingerprint density at radius 3 is 3.04 bits per heavy atom. The molecule has 0 saturated heterocycles. The molecule has 0 unspecified atom stereocenters. The van der Waals surface area contributed by atoms with Crippen LogP contribution < -0.4 is 10.6 Å². The van der Waals surface area contributed by atoms with E-state index in [0.717, 1.165) is 10.2 Å². The van der Waals surface area contributed by atoms with Gasteiger partial charge in [0.15, 0.2) is 5.82 Å². The van der Waals surface area contributed by atoms with Gasteiger partial charge in [0.05, 0.1) is 28.5 Å². The van der Waals surface area contributed by atoms with E-state index in [4.69, 9.17) is 4.74 Å². The van der Waals surface area contributed by atoms with Gasteiger partial charge in [0.1, 0.15) is 6.54 Å². The summed E-state index contributed by atoms with van der Waals surface area (Å²) in [5.74, 6) is -0.0653. The van der Waals surface area contributed by atoms with Gasteiger partial charge in [0, 0.05) is 5.69 Å². The van der Waals surface area contributed by atoms with Gasteiger partial charge in [-0.15, -0.1) is 16.4 Å². The first kappa shape index (κ1) is 15.9. The number of anilines is 2. The van der Waals surface area contributed by atoms with Gasteiger partial charge < -0.3 is 10.1 Å². The zero-order chi connectivity index (χ0) is 16.9.